The van der Waals surface area contributed by atoms with Crippen LogP contribution < -0.4 is 10.6 Å². The van der Waals surface area contributed by atoms with Crippen molar-refractivity contribution in [3.05, 3.63) is 35.9 Å². The summed E-state index contributed by atoms with van der Waals surface area (Å²) in [5.41, 5.74) is 0.470. The fourth-order valence-electron chi connectivity index (χ4n) is 2.42. The Morgan fingerprint density at radius 2 is 1.76 bits per heavy atom. The average Bonchev–Trinajstić information content (AvgIpc) is 2.45. The van der Waals surface area contributed by atoms with E-state index >= 15 is 0 Å². The molecule has 2 atom stereocenters. The van der Waals surface area contributed by atoms with Gasteiger partial charge in [-0.05, 0) is 38.7 Å². The van der Waals surface area contributed by atoms with Gasteiger partial charge in [0, 0.05) is 12.6 Å². The smallest absolute Gasteiger partial charge is 0.407 e. The van der Waals surface area contributed by atoms with Gasteiger partial charge >= 0.3 is 12.1 Å². The molecule has 0 aliphatic rings. The number of alkyl carbamates (subject to hydrolysis) is 1. The molecule has 0 radical (unpaired) electrons. The van der Waals surface area contributed by atoms with E-state index in [9.17, 15) is 14.7 Å². The highest BCUT2D eigenvalue weighted by molar-refractivity contribution is 5.73. The Bertz CT molecular complexity index is 552. The first-order valence-corrected chi connectivity index (χ1v) is 8.58. The molecule has 1 aromatic carbocycles. The second kappa shape index (κ2) is 9.42. The highest BCUT2D eigenvalue weighted by Crippen LogP contribution is 2.09. The minimum atomic E-state index is -0.897. The summed E-state index contributed by atoms with van der Waals surface area (Å²) >= 11 is 0. The van der Waals surface area contributed by atoms with Gasteiger partial charge in [0.25, 0.3) is 0 Å². The molecule has 1 amide bonds. The third-order valence-corrected chi connectivity index (χ3v) is 3.56. The zero-order valence-electron chi connectivity index (χ0n) is 15.7. The minimum Gasteiger partial charge on any atom is -0.480 e. The number of carboxylic acid groups (broad SMARTS) is 1. The molecular formula is C19H30N2O4. The summed E-state index contributed by atoms with van der Waals surface area (Å²) in [4.78, 5) is 23.4. The van der Waals surface area contributed by atoms with Crippen molar-refractivity contribution in [1.29, 1.82) is 0 Å². The van der Waals surface area contributed by atoms with Gasteiger partial charge in [-0.1, -0.05) is 44.2 Å². The van der Waals surface area contributed by atoms with Gasteiger partial charge in [-0.15, -0.1) is 0 Å². The highest BCUT2D eigenvalue weighted by Gasteiger charge is 2.24. The number of carboxylic acids is 1. The second-order valence-corrected chi connectivity index (χ2v) is 7.50. The Morgan fingerprint density at radius 3 is 2.24 bits per heavy atom. The monoisotopic (exact) mass is 350 g/mol. The molecule has 0 aliphatic carbocycles. The highest BCUT2D eigenvalue weighted by atomic mass is 16.6. The lowest BCUT2D eigenvalue weighted by molar-refractivity contribution is -0.140. The summed E-state index contributed by atoms with van der Waals surface area (Å²) in [5, 5.41) is 15.2. The van der Waals surface area contributed by atoms with Crippen LogP contribution in [0.4, 0.5) is 4.79 Å². The van der Waals surface area contributed by atoms with Crippen LogP contribution >= 0.6 is 0 Å². The fourth-order valence-corrected chi connectivity index (χ4v) is 2.42. The van der Waals surface area contributed by atoms with E-state index in [1.165, 1.54) is 0 Å². The number of nitrogens with one attached hydrogen (secondary N) is 2. The lowest BCUT2D eigenvalue weighted by atomic mass is 10.0. The van der Waals surface area contributed by atoms with E-state index in [4.69, 9.17) is 4.74 Å². The van der Waals surface area contributed by atoms with Crippen LogP contribution in [0.2, 0.25) is 0 Å². The van der Waals surface area contributed by atoms with Gasteiger partial charge in [-0.2, -0.15) is 0 Å². The molecule has 3 N–H and O–H groups in total. The van der Waals surface area contributed by atoms with Crippen LogP contribution in [-0.2, 0) is 16.0 Å². The third kappa shape index (κ3) is 8.54. The number of carbonyl (C=O) groups excluding carboxylic acids is 1. The first kappa shape index (κ1) is 21.0. The first-order chi connectivity index (χ1) is 11.6. The Kier molecular flexibility index (Phi) is 7.90. The van der Waals surface area contributed by atoms with Gasteiger partial charge in [0.15, 0.2) is 0 Å². The molecule has 0 bridgehead atoms. The Hall–Kier alpha value is -2.08. The fraction of sp³-hybridized carbons (Fsp3) is 0.579. The van der Waals surface area contributed by atoms with Gasteiger partial charge in [-0.25, -0.2) is 4.79 Å². The number of hydrogen-bond donors (Lipinski definition) is 3. The number of benzene rings is 1. The van der Waals surface area contributed by atoms with Crippen molar-refractivity contribution < 1.29 is 19.4 Å². The Morgan fingerprint density at radius 1 is 1.16 bits per heavy atom. The topological polar surface area (TPSA) is 87.7 Å². The molecular weight excluding hydrogens is 320 g/mol. The SMILES string of the molecule is CC(C)[C@H](NCC(Cc1ccccc1)NC(=O)OC(C)(C)C)C(=O)O. The van der Waals surface area contributed by atoms with Crippen LogP contribution in [0.25, 0.3) is 0 Å². The van der Waals surface area contributed by atoms with Crippen LogP contribution in [0.5, 0.6) is 0 Å². The van der Waals surface area contributed by atoms with Crippen LogP contribution in [0.15, 0.2) is 30.3 Å². The molecule has 0 spiro atoms. The third-order valence-electron chi connectivity index (χ3n) is 3.56. The van der Waals surface area contributed by atoms with Gasteiger partial charge in [0.05, 0.1) is 0 Å². The molecule has 0 saturated carbocycles. The van der Waals surface area contributed by atoms with Crippen LogP contribution in [0, 0.1) is 5.92 Å². The molecule has 0 fully saturated rings. The van der Waals surface area contributed by atoms with Crippen molar-refractivity contribution in [3.63, 3.8) is 0 Å². The van der Waals surface area contributed by atoms with Crippen molar-refractivity contribution in [3.8, 4) is 0 Å². The molecule has 0 heterocycles. The molecule has 25 heavy (non-hydrogen) atoms. The molecule has 1 unspecified atom stereocenters. The normalized spacial score (nSPS) is 14.0. The molecule has 0 aliphatic heterocycles. The maximum absolute atomic E-state index is 12.1. The van der Waals surface area contributed by atoms with Crippen molar-refractivity contribution in [2.24, 2.45) is 5.92 Å². The number of rotatable bonds is 8. The molecule has 1 aromatic rings. The van der Waals surface area contributed by atoms with E-state index < -0.39 is 23.7 Å². The van der Waals surface area contributed by atoms with E-state index in [0.29, 0.717) is 13.0 Å². The Balaban J connectivity index is 2.76. The molecule has 0 aromatic heterocycles. The van der Waals surface area contributed by atoms with E-state index in [-0.39, 0.29) is 12.0 Å². The van der Waals surface area contributed by atoms with Gasteiger partial charge in [0.2, 0.25) is 0 Å². The predicted molar refractivity (Wildman–Crippen MR) is 97.6 cm³/mol. The van der Waals surface area contributed by atoms with Gasteiger partial charge in [-0.3, -0.25) is 4.79 Å². The average molecular weight is 350 g/mol. The summed E-state index contributed by atoms with van der Waals surface area (Å²) in [7, 11) is 0. The summed E-state index contributed by atoms with van der Waals surface area (Å²) in [6.07, 6.45) is 0.0731. The van der Waals surface area contributed by atoms with E-state index in [2.05, 4.69) is 10.6 Å². The number of carbonyl (C=O) groups is 2. The van der Waals surface area contributed by atoms with E-state index in [0.717, 1.165) is 5.56 Å². The van der Waals surface area contributed by atoms with Crippen molar-refractivity contribution in [2.75, 3.05) is 6.54 Å². The summed E-state index contributed by atoms with van der Waals surface area (Å²) in [6, 6.07) is 8.79. The van der Waals surface area contributed by atoms with E-state index in [1.807, 2.05) is 44.2 Å². The zero-order valence-corrected chi connectivity index (χ0v) is 15.7. The number of aliphatic carboxylic acids is 1. The molecule has 140 valence electrons. The summed E-state index contributed by atoms with van der Waals surface area (Å²) in [5.74, 6) is -0.956. The summed E-state index contributed by atoms with van der Waals surface area (Å²) in [6.45, 7) is 9.44. The quantitative estimate of drug-likeness (QED) is 0.671. The predicted octanol–water partition coefficient (Wildman–Crippen LogP) is 2.82. The van der Waals surface area contributed by atoms with Crippen LogP contribution in [0.3, 0.4) is 0 Å². The molecule has 6 heteroatoms. The maximum Gasteiger partial charge on any atom is 0.407 e. The second-order valence-electron chi connectivity index (χ2n) is 7.50. The largest absolute Gasteiger partial charge is 0.480 e. The van der Waals surface area contributed by atoms with Crippen LogP contribution in [0.1, 0.15) is 40.2 Å². The molecule has 6 nitrogen and oxygen atoms in total. The lowest BCUT2D eigenvalue weighted by Crippen LogP contribution is -2.50. The maximum atomic E-state index is 12.1. The van der Waals surface area contributed by atoms with Crippen molar-refractivity contribution in [2.45, 2.75) is 58.7 Å². The van der Waals surface area contributed by atoms with Crippen molar-refractivity contribution >= 4 is 12.1 Å². The Labute approximate surface area is 150 Å². The number of amides is 1. The number of ether oxygens (including phenoxy) is 1. The van der Waals surface area contributed by atoms with Crippen LogP contribution in [-0.4, -0.2) is 41.4 Å². The minimum absolute atomic E-state index is 0.0589. The standard InChI is InChI=1S/C19H30N2O4/c1-13(2)16(17(22)23)20-12-15(11-14-9-7-6-8-10-14)21-18(24)25-19(3,4)5/h6-10,13,15-16,20H,11-12H2,1-5H3,(H,21,24)(H,22,23)/t15?,16-/m0/s1. The van der Waals surface area contributed by atoms with E-state index in [1.54, 1.807) is 20.8 Å². The van der Waals surface area contributed by atoms with Gasteiger partial charge < -0.3 is 20.5 Å². The number of hydrogen-bond acceptors (Lipinski definition) is 4. The zero-order chi connectivity index (χ0) is 19.0. The van der Waals surface area contributed by atoms with Crippen molar-refractivity contribution in [1.82, 2.24) is 10.6 Å². The summed E-state index contributed by atoms with van der Waals surface area (Å²) < 4.78 is 5.31. The lowest BCUT2D eigenvalue weighted by Gasteiger charge is -2.26. The first-order valence-electron chi connectivity index (χ1n) is 8.58. The molecule has 0 saturated heterocycles. The molecule has 1 rings (SSSR count). The van der Waals surface area contributed by atoms with Gasteiger partial charge in [0.1, 0.15) is 11.6 Å².